The maximum atomic E-state index is 14.0. The van der Waals surface area contributed by atoms with Gasteiger partial charge in [0.25, 0.3) is 0 Å². The molecule has 9 N–H and O–H groups in total. The number of phenolic OH excluding ortho intramolecular Hbond substituents is 4. The van der Waals surface area contributed by atoms with Crippen molar-refractivity contribution in [3.8, 4) is 40.1 Å². The molecule has 0 unspecified atom stereocenters. The summed E-state index contributed by atoms with van der Waals surface area (Å²) in [6.07, 6.45) is -11.4. The van der Waals surface area contributed by atoms with E-state index in [0.717, 1.165) is 49.8 Å². The van der Waals surface area contributed by atoms with Gasteiger partial charge in [0.15, 0.2) is 35.8 Å². The predicted molar refractivity (Wildman–Crippen MR) is 197 cm³/mol. The zero-order chi connectivity index (χ0) is 42.3. The third kappa shape index (κ3) is 10.4. The number of unbranched alkanes of at least 4 members (excludes halogenated alkanes) is 5. The number of phenols is 4. The van der Waals surface area contributed by atoms with Gasteiger partial charge in [-0.2, -0.15) is 0 Å². The number of fused-ring (bicyclic) bond motifs is 1. The van der Waals surface area contributed by atoms with E-state index in [2.05, 4.69) is 11.3 Å². The van der Waals surface area contributed by atoms with Crippen LogP contribution in [0, 0.1) is 0 Å². The van der Waals surface area contributed by atoms with Gasteiger partial charge in [0.2, 0.25) is 17.5 Å². The minimum atomic E-state index is -2.01. The quantitative estimate of drug-likeness (QED) is 0.0405. The van der Waals surface area contributed by atoms with E-state index in [-0.39, 0.29) is 30.0 Å². The average molecular weight is 821 g/mol. The van der Waals surface area contributed by atoms with Crippen molar-refractivity contribution in [1.29, 1.82) is 0 Å². The van der Waals surface area contributed by atoms with Gasteiger partial charge in [0, 0.05) is 30.5 Å². The van der Waals surface area contributed by atoms with Crippen LogP contribution in [0.4, 0.5) is 0 Å². The highest BCUT2D eigenvalue weighted by molar-refractivity contribution is 5.88. The molecule has 10 atom stereocenters. The fourth-order valence-electron chi connectivity index (χ4n) is 6.57. The third-order valence-corrected chi connectivity index (χ3v) is 9.76. The molecule has 3 aromatic rings. The lowest BCUT2D eigenvalue weighted by atomic mass is 9.98. The van der Waals surface area contributed by atoms with Crippen molar-refractivity contribution in [2.24, 2.45) is 0 Å². The molecule has 2 saturated heterocycles. The normalized spacial score (nSPS) is 27.2. The van der Waals surface area contributed by atoms with Crippen LogP contribution in [0.3, 0.4) is 0 Å². The van der Waals surface area contributed by atoms with Gasteiger partial charge in [-0.1, -0.05) is 32.3 Å². The molecule has 2 aromatic carbocycles. The van der Waals surface area contributed by atoms with Crippen molar-refractivity contribution in [2.45, 2.75) is 120 Å². The summed E-state index contributed by atoms with van der Waals surface area (Å²) in [6.45, 7) is 4.10. The monoisotopic (exact) mass is 820 g/mol. The minimum absolute atomic E-state index is 0.0613. The Kier molecular flexibility index (Phi) is 14.9. The summed E-state index contributed by atoms with van der Waals surface area (Å²) in [5.41, 5.74) is -1.44. The molecule has 1 aromatic heterocycles. The van der Waals surface area contributed by atoms with Crippen molar-refractivity contribution in [2.75, 3.05) is 6.61 Å². The molecular formula is C39H48O19. The molecular weight excluding hydrogens is 772 g/mol. The summed E-state index contributed by atoms with van der Waals surface area (Å²) in [7, 11) is 0. The van der Waals surface area contributed by atoms with Crippen molar-refractivity contribution in [1.82, 2.24) is 0 Å². The molecule has 5 rings (SSSR count). The largest absolute Gasteiger partial charge is 0.508 e. The van der Waals surface area contributed by atoms with E-state index in [4.69, 9.17) is 28.1 Å². The molecule has 3 heterocycles. The fourth-order valence-corrected chi connectivity index (χ4v) is 6.57. The molecule has 2 aliphatic rings. The van der Waals surface area contributed by atoms with Crippen molar-refractivity contribution in [3.05, 3.63) is 53.4 Å². The maximum Gasteiger partial charge on any atom is 0.310 e. The highest BCUT2D eigenvalue weighted by Crippen LogP contribution is 2.40. The highest BCUT2D eigenvalue weighted by atomic mass is 16.7. The Morgan fingerprint density at radius 3 is 2.10 bits per heavy atom. The standard InChI is InChI=1S/C39H48O19/c1-3-52-26(44)10-8-6-4-5-7-9-11-27(45)57-36-30(47)25(17-53-38-33(50)32(49)29(46)18(2)54-38)56-39(34(36)51)58-37-31(48)28-23(43)15-20(40)16-24(28)55-35(37)19-12-13-21(41)22(42)14-19/h3,12-16,18,25,29-30,32-34,36,38-43,46-47,49-51H,1,4-11,17H2,2H3/t18-,25+,29-,30+,32+,33+,34+,36-,38+,39-/m0/s1. The first-order valence-corrected chi connectivity index (χ1v) is 18.7. The molecule has 0 saturated carbocycles. The van der Waals surface area contributed by atoms with Crippen LogP contribution in [0.15, 0.2) is 52.4 Å². The summed E-state index contributed by atoms with van der Waals surface area (Å²) < 4.78 is 39.0. The van der Waals surface area contributed by atoms with Gasteiger partial charge in [-0.25, -0.2) is 0 Å². The van der Waals surface area contributed by atoms with Crippen LogP contribution in [0.2, 0.25) is 0 Å². The summed E-state index contributed by atoms with van der Waals surface area (Å²) in [5.74, 6) is -4.68. The lowest BCUT2D eigenvalue weighted by molar-refractivity contribution is -0.319. The molecule has 2 aliphatic heterocycles. The number of aromatic hydroxyl groups is 4. The first-order valence-electron chi connectivity index (χ1n) is 18.7. The van der Waals surface area contributed by atoms with Crippen LogP contribution in [-0.4, -0.2) is 126 Å². The van der Waals surface area contributed by atoms with E-state index in [0.29, 0.717) is 19.3 Å². The van der Waals surface area contributed by atoms with Crippen molar-refractivity contribution in [3.63, 3.8) is 0 Å². The highest BCUT2D eigenvalue weighted by Gasteiger charge is 2.50. The summed E-state index contributed by atoms with van der Waals surface area (Å²) in [5, 5.41) is 94.1. The van der Waals surface area contributed by atoms with E-state index < -0.39 is 119 Å². The maximum absolute atomic E-state index is 14.0. The zero-order valence-corrected chi connectivity index (χ0v) is 31.4. The van der Waals surface area contributed by atoms with Gasteiger partial charge in [-0.3, -0.25) is 14.4 Å². The van der Waals surface area contributed by atoms with Crippen LogP contribution in [-0.2, 0) is 33.3 Å². The Morgan fingerprint density at radius 2 is 1.43 bits per heavy atom. The van der Waals surface area contributed by atoms with Gasteiger partial charge in [-0.05, 0) is 38.0 Å². The molecule has 0 radical (unpaired) electrons. The predicted octanol–water partition coefficient (Wildman–Crippen LogP) is 1.67. The van der Waals surface area contributed by atoms with Crippen LogP contribution in [0.25, 0.3) is 22.3 Å². The Morgan fingerprint density at radius 1 is 0.759 bits per heavy atom. The van der Waals surface area contributed by atoms with Crippen molar-refractivity contribution >= 4 is 22.9 Å². The number of hydrogen-bond acceptors (Lipinski definition) is 19. The Bertz CT molecular complexity index is 1960. The number of esters is 2. The van der Waals surface area contributed by atoms with Gasteiger partial charge in [0.1, 0.15) is 53.0 Å². The molecule has 0 spiro atoms. The van der Waals surface area contributed by atoms with E-state index in [9.17, 15) is 60.3 Å². The second kappa shape index (κ2) is 19.6. The first-order chi connectivity index (χ1) is 27.6. The number of aliphatic hydroxyl groups is 5. The number of ether oxygens (including phenoxy) is 6. The van der Waals surface area contributed by atoms with Crippen LogP contribution < -0.4 is 10.2 Å². The van der Waals surface area contributed by atoms with E-state index in [1.165, 1.54) is 13.0 Å². The summed E-state index contributed by atoms with van der Waals surface area (Å²) >= 11 is 0. The van der Waals surface area contributed by atoms with E-state index in [1.807, 2.05) is 0 Å². The smallest absolute Gasteiger partial charge is 0.310 e. The van der Waals surface area contributed by atoms with Crippen LogP contribution >= 0.6 is 0 Å². The lowest BCUT2D eigenvalue weighted by Gasteiger charge is -2.43. The fraction of sp³-hybridized carbons (Fsp3) is 0.513. The lowest BCUT2D eigenvalue weighted by Crippen LogP contribution is -2.62. The zero-order valence-electron chi connectivity index (χ0n) is 31.4. The molecule has 2 fully saturated rings. The van der Waals surface area contributed by atoms with Gasteiger partial charge in [-0.15, -0.1) is 0 Å². The molecule has 0 aliphatic carbocycles. The average Bonchev–Trinajstić information content (AvgIpc) is 3.17. The van der Waals surface area contributed by atoms with Gasteiger partial charge >= 0.3 is 11.9 Å². The number of hydrogen-bond donors (Lipinski definition) is 9. The molecule has 19 nitrogen and oxygen atoms in total. The number of rotatable bonds is 17. The number of carbonyl (C=O) groups excluding carboxylic acids is 2. The molecule has 0 amide bonds. The van der Waals surface area contributed by atoms with Crippen LogP contribution in [0.1, 0.15) is 58.3 Å². The molecule has 19 heteroatoms. The Labute approximate surface area is 330 Å². The third-order valence-electron chi connectivity index (χ3n) is 9.76. The van der Waals surface area contributed by atoms with Gasteiger partial charge in [0.05, 0.1) is 19.0 Å². The summed E-state index contributed by atoms with van der Waals surface area (Å²) in [6, 6.07) is 5.21. The topological polar surface area (TPSA) is 302 Å². The molecule has 0 bridgehead atoms. The Balaban J connectivity index is 1.38. The number of benzene rings is 2. The van der Waals surface area contributed by atoms with E-state index >= 15 is 0 Å². The SMILES string of the molecule is C=COC(=O)CCCCCCCCC(=O)O[C@@H]1[C@@H](O)[C@H](Oc2c(-c3ccc(O)c(O)c3)oc3cc(O)cc(O)c3c2=O)O[C@H](CO[C@@H]2O[C@@H](C)[C@H](O)[C@@H](O)[C@H]2O)[C@H]1O. The number of carbonyl (C=O) groups is 2. The molecule has 58 heavy (non-hydrogen) atoms. The van der Waals surface area contributed by atoms with Gasteiger partial charge < -0.3 is 78.8 Å². The van der Waals surface area contributed by atoms with Crippen molar-refractivity contribution < 1.29 is 88.4 Å². The van der Waals surface area contributed by atoms with E-state index in [1.54, 1.807) is 0 Å². The minimum Gasteiger partial charge on any atom is -0.508 e. The first kappa shape index (κ1) is 44.1. The second-order valence-corrected chi connectivity index (χ2v) is 14.0. The summed E-state index contributed by atoms with van der Waals surface area (Å²) in [4.78, 5) is 38.5. The second-order valence-electron chi connectivity index (χ2n) is 14.0. The Hall–Kier alpha value is -4.99. The van der Waals surface area contributed by atoms with Crippen LogP contribution in [0.5, 0.6) is 28.7 Å². The number of aliphatic hydroxyl groups excluding tert-OH is 5. The molecule has 318 valence electrons.